The third kappa shape index (κ3) is 3.74. The van der Waals surface area contributed by atoms with Crippen molar-refractivity contribution in [2.45, 2.75) is 103 Å². The fourth-order valence-electron chi connectivity index (χ4n) is 8.09. The summed E-state index contributed by atoms with van der Waals surface area (Å²) in [5.74, 6) is 0.785. The molecule has 172 valence electrons. The summed E-state index contributed by atoms with van der Waals surface area (Å²) in [6.45, 7) is 6.59. The monoisotopic (exact) mass is 430 g/mol. The summed E-state index contributed by atoms with van der Waals surface area (Å²) in [6, 6.07) is 0. The number of rotatable bonds is 4. The van der Waals surface area contributed by atoms with Crippen molar-refractivity contribution >= 4 is 5.78 Å². The molecule has 0 bridgehead atoms. The van der Waals surface area contributed by atoms with Gasteiger partial charge >= 0.3 is 6.18 Å². The number of Topliss-reactive ketones (excluding diaryl/α,β-unsaturated/α-hetero) is 1. The van der Waals surface area contributed by atoms with E-state index in [0.29, 0.717) is 29.1 Å². The first-order valence-electron chi connectivity index (χ1n) is 11.8. The largest absolute Gasteiger partial charge is 0.450 e. The molecule has 1 N–H and O–H groups in total. The Morgan fingerprint density at radius 1 is 0.967 bits per heavy atom. The lowest BCUT2D eigenvalue weighted by Crippen LogP contribution is -2.56. The van der Waals surface area contributed by atoms with E-state index in [2.05, 4.69) is 13.8 Å². The Balaban J connectivity index is 1.42. The molecule has 4 saturated carbocycles. The van der Waals surface area contributed by atoms with Crippen molar-refractivity contribution in [2.75, 3.05) is 6.61 Å². The third-order valence-corrected chi connectivity index (χ3v) is 9.83. The van der Waals surface area contributed by atoms with E-state index in [9.17, 15) is 23.1 Å². The van der Waals surface area contributed by atoms with E-state index in [4.69, 9.17) is 4.74 Å². The number of alkyl halides is 3. The molecule has 30 heavy (non-hydrogen) atoms. The van der Waals surface area contributed by atoms with Crippen LogP contribution in [-0.4, -0.2) is 35.4 Å². The van der Waals surface area contributed by atoms with Gasteiger partial charge in [0.15, 0.2) is 0 Å². The van der Waals surface area contributed by atoms with Gasteiger partial charge in [0.2, 0.25) is 5.78 Å². The second kappa shape index (κ2) is 7.47. The summed E-state index contributed by atoms with van der Waals surface area (Å²) >= 11 is 0. The van der Waals surface area contributed by atoms with Gasteiger partial charge in [0.1, 0.15) is 0 Å². The minimum atomic E-state index is -4.76. The molecular formula is C24H37F3O3. The topological polar surface area (TPSA) is 46.5 Å². The number of hydrogen-bond donors (Lipinski definition) is 1. The van der Waals surface area contributed by atoms with Gasteiger partial charge < -0.3 is 9.84 Å². The van der Waals surface area contributed by atoms with Crippen LogP contribution in [0.3, 0.4) is 0 Å². The van der Waals surface area contributed by atoms with E-state index in [1.165, 1.54) is 12.8 Å². The van der Waals surface area contributed by atoms with Crippen LogP contribution in [0.15, 0.2) is 0 Å². The second-order valence-corrected chi connectivity index (χ2v) is 11.5. The molecule has 0 aromatic heterocycles. The lowest BCUT2D eigenvalue weighted by molar-refractivity contribution is -0.174. The van der Waals surface area contributed by atoms with Crippen LogP contribution in [0.5, 0.6) is 0 Å². The molecule has 0 aliphatic heterocycles. The maximum Gasteiger partial charge on any atom is 0.450 e. The van der Waals surface area contributed by atoms with Gasteiger partial charge in [-0.15, -0.1) is 0 Å². The molecule has 4 fully saturated rings. The molecule has 0 amide bonds. The number of aliphatic hydroxyl groups is 1. The molecule has 4 aliphatic rings. The first kappa shape index (κ1) is 22.6. The molecule has 8 atom stereocenters. The molecule has 0 saturated heterocycles. The minimum Gasteiger partial charge on any atom is -0.390 e. The van der Waals surface area contributed by atoms with Crippen molar-refractivity contribution in [1.82, 2.24) is 0 Å². The van der Waals surface area contributed by atoms with Crippen LogP contribution < -0.4 is 0 Å². The highest BCUT2D eigenvalue weighted by Crippen LogP contribution is 2.67. The first-order chi connectivity index (χ1) is 13.9. The SMILES string of the molecule is C[C@]1(O)CC[C@]2(C)C3CC[C@@]4(C)C(CC[C@@H]4OCCC(=O)C(F)(F)F)C3CC[C@H]2C1. The molecule has 4 rings (SSSR count). The number of fused-ring (bicyclic) bond motifs is 5. The molecule has 0 spiro atoms. The maximum atomic E-state index is 12.5. The summed E-state index contributed by atoms with van der Waals surface area (Å²) in [6.07, 6.45) is 4.03. The smallest absolute Gasteiger partial charge is 0.390 e. The Labute approximate surface area is 178 Å². The summed E-state index contributed by atoms with van der Waals surface area (Å²) in [7, 11) is 0. The fourth-order valence-corrected chi connectivity index (χ4v) is 8.09. The number of halogens is 3. The molecule has 0 radical (unpaired) electrons. The standard InChI is InChI=1S/C24H37F3O3/c1-21(29)11-12-22(2)15(14-21)4-5-16-17-6-7-20(23(17,3)10-8-18(16)22)30-13-9-19(28)24(25,26)27/h15-18,20,29H,4-14H2,1-3H3/t15-,16?,17?,18?,20-,21-,22-,23-/m0/s1. The molecule has 3 nitrogen and oxygen atoms in total. The number of ketones is 1. The van der Waals surface area contributed by atoms with E-state index < -0.39 is 24.0 Å². The van der Waals surface area contributed by atoms with Gasteiger partial charge in [0.05, 0.1) is 18.3 Å². The number of ether oxygens (including phenoxy) is 1. The van der Waals surface area contributed by atoms with Crippen LogP contribution in [0.25, 0.3) is 0 Å². The molecular weight excluding hydrogens is 393 g/mol. The highest BCUT2D eigenvalue weighted by Gasteiger charge is 2.61. The zero-order valence-corrected chi connectivity index (χ0v) is 18.6. The predicted molar refractivity (Wildman–Crippen MR) is 108 cm³/mol. The quantitative estimate of drug-likeness (QED) is 0.624. The molecule has 0 heterocycles. The average molecular weight is 431 g/mol. The molecule has 0 aromatic carbocycles. The Kier molecular flexibility index (Phi) is 5.62. The van der Waals surface area contributed by atoms with E-state index >= 15 is 0 Å². The molecule has 3 unspecified atom stereocenters. The van der Waals surface area contributed by atoms with Crippen molar-refractivity contribution in [3.63, 3.8) is 0 Å². The van der Waals surface area contributed by atoms with Gasteiger partial charge in [-0.1, -0.05) is 13.8 Å². The number of hydrogen-bond acceptors (Lipinski definition) is 3. The molecule has 6 heteroatoms. The minimum absolute atomic E-state index is 0.00576. The Morgan fingerprint density at radius 3 is 2.37 bits per heavy atom. The average Bonchev–Trinajstić information content (AvgIpc) is 2.98. The van der Waals surface area contributed by atoms with Gasteiger partial charge in [-0.2, -0.15) is 13.2 Å². The zero-order chi connectivity index (χ0) is 21.9. The van der Waals surface area contributed by atoms with Gasteiger partial charge in [-0.3, -0.25) is 4.79 Å². The van der Waals surface area contributed by atoms with E-state index in [0.717, 1.165) is 44.9 Å². The van der Waals surface area contributed by atoms with E-state index in [1.54, 1.807) is 0 Å². The summed E-state index contributed by atoms with van der Waals surface area (Å²) in [5, 5.41) is 10.6. The second-order valence-electron chi connectivity index (χ2n) is 11.5. The fraction of sp³-hybridized carbons (Fsp3) is 0.958. The Hall–Kier alpha value is -0.620. The summed E-state index contributed by atoms with van der Waals surface area (Å²) in [5.41, 5.74) is -0.225. The zero-order valence-electron chi connectivity index (χ0n) is 18.6. The van der Waals surface area contributed by atoms with Crippen molar-refractivity contribution in [3.05, 3.63) is 0 Å². The van der Waals surface area contributed by atoms with E-state index in [1.807, 2.05) is 6.92 Å². The maximum absolute atomic E-state index is 12.5. The lowest BCUT2D eigenvalue weighted by atomic mass is 9.44. The van der Waals surface area contributed by atoms with Gasteiger partial charge in [-0.25, -0.2) is 0 Å². The van der Waals surface area contributed by atoms with E-state index in [-0.39, 0.29) is 18.1 Å². The van der Waals surface area contributed by atoms with Crippen molar-refractivity contribution < 1.29 is 27.8 Å². The number of carbonyl (C=O) groups is 1. The molecule has 0 aromatic rings. The number of carbonyl (C=O) groups excluding carboxylic acids is 1. The normalized spacial score (nSPS) is 48.6. The summed E-state index contributed by atoms with van der Waals surface area (Å²) < 4.78 is 43.4. The molecule has 4 aliphatic carbocycles. The van der Waals surface area contributed by atoms with Crippen LogP contribution >= 0.6 is 0 Å². The van der Waals surface area contributed by atoms with Crippen molar-refractivity contribution in [2.24, 2.45) is 34.5 Å². The van der Waals surface area contributed by atoms with Gasteiger partial charge in [-0.05, 0) is 99.2 Å². The van der Waals surface area contributed by atoms with Crippen LogP contribution in [0.4, 0.5) is 13.2 Å². The lowest BCUT2D eigenvalue weighted by Gasteiger charge is -2.61. The van der Waals surface area contributed by atoms with Gasteiger partial charge in [0.25, 0.3) is 0 Å². The van der Waals surface area contributed by atoms with Crippen LogP contribution in [-0.2, 0) is 9.53 Å². The van der Waals surface area contributed by atoms with Gasteiger partial charge in [0, 0.05) is 6.42 Å². The Bertz CT molecular complexity index is 675. The van der Waals surface area contributed by atoms with Crippen molar-refractivity contribution in [1.29, 1.82) is 0 Å². The predicted octanol–water partition coefficient (Wildman–Crippen LogP) is 5.69. The van der Waals surface area contributed by atoms with Crippen molar-refractivity contribution in [3.8, 4) is 0 Å². The Morgan fingerprint density at radius 2 is 1.67 bits per heavy atom. The summed E-state index contributed by atoms with van der Waals surface area (Å²) in [4.78, 5) is 11.2. The highest BCUT2D eigenvalue weighted by molar-refractivity contribution is 5.84. The van der Waals surface area contributed by atoms with Crippen LogP contribution in [0.1, 0.15) is 85.0 Å². The third-order valence-electron chi connectivity index (χ3n) is 9.83. The van der Waals surface area contributed by atoms with Crippen LogP contribution in [0.2, 0.25) is 0 Å². The highest BCUT2D eigenvalue weighted by atomic mass is 19.4. The van der Waals surface area contributed by atoms with Crippen LogP contribution in [0, 0.1) is 34.5 Å². The first-order valence-corrected chi connectivity index (χ1v) is 11.8.